The third-order valence-corrected chi connectivity index (χ3v) is 7.91. The molecule has 36 heavy (non-hydrogen) atoms. The number of hydrogen-bond donors (Lipinski definition) is 2. The van der Waals surface area contributed by atoms with Gasteiger partial charge in [0.25, 0.3) is 5.91 Å². The van der Waals surface area contributed by atoms with Crippen molar-refractivity contribution in [2.45, 2.75) is 64.0 Å². The van der Waals surface area contributed by atoms with Crippen LogP contribution in [0.5, 0.6) is 0 Å². The fourth-order valence-electron chi connectivity index (χ4n) is 4.59. The number of nitrogens with one attached hydrogen (secondary N) is 1. The Morgan fingerprint density at radius 2 is 1.67 bits per heavy atom. The first-order chi connectivity index (χ1) is 17.5. The summed E-state index contributed by atoms with van der Waals surface area (Å²) in [5.74, 6) is -1.19. The Balaban J connectivity index is 1.52. The Bertz CT molecular complexity index is 1140. The monoisotopic (exact) mass is 525 g/mol. The Morgan fingerprint density at radius 3 is 2.33 bits per heavy atom. The van der Waals surface area contributed by atoms with Gasteiger partial charge in [0.1, 0.15) is 0 Å². The second kappa shape index (κ2) is 12.9. The highest BCUT2D eigenvalue weighted by Gasteiger charge is 2.23. The molecule has 4 rings (SSSR count). The van der Waals surface area contributed by atoms with E-state index in [9.17, 15) is 9.59 Å². The molecule has 1 fully saturated rings. The molecule has 190 valence electrons. The zero-order valence-corrected chi connectivity index (χ0v) is 21.9. The molecule has 1 aliphatic rings. The van der Waals surface area contributed by atoms with E-state index < -0.39 is 5.97 Å². The Morgan fingerprint density at radius 1 is 1.00 bits per heavy atom. The zero-order chi connectivity index (χ0) is 25.3. The van der Waals surface area contributed by atoms with Gasteiger partial charge in [-0.1, -0.05) is 79.3 Å². The summed E-state index contributed by atoms with van der Waals surface area (Å²) in [5.41, 5.74) is 2.75. The van der Waals surface area contributed by atoms with Crippen molar-refractivity contribution in [3.8, 4) is 10.4 Å². The van der Waals surface area contributed by atoms with Crippen LogP contribution in [0.2, 0.25) is 5.02 Å². The van der Waals surface area contributed by atoms with E-state index in [-0.39, 0.29) is 18.9 Å². The molecule has 8 heteroatoms. The van der Waals surface area contributed by atoms with Crippen LogP contribution in [0.25, 0.3) is 10.4 Å². The lowest BCUT2D eigenvalue weighted by atomic mass is 9.95. The van der Waals surface area contributed by atoms with Crippen LogP contribution in [0.4, 0.5) is 5.13 Å². The van der Waals surface area contributed by atoms with Crippen molar-refractivity contribution in [1.29, 1.82) is 0 Å². The van der Waals surface area contributed by atoms with Crippen molar-refractivity contribution in [2.24, 2.45) is 0 Å². The molecule has 0 radical (unpaired) electrons. The van der Waals surface area contributed by atoms with Crippen LogP contribution < -0.4 is 10.2 Å². The number of hydrogen-bond acceptors (Lipinski definition) is 5. The molecule has 2 N–H and O–H groups in total. The molecular formula is C28H32ClN3O3S. The highest BCUT2D eigenvalue weighted by molar-refractivity contribution is 7.18. The maximum absolute atomic E-state index is 12.3. The van der Waals surface area contributed by atoms with E-state index in [0.29, 0.717) is 11.6 Å². The maximum atomic E-state index is 12.3. The van der Waals surface area contributed by atoms with Crippen LogP contribution in [-0.4, -0.2) is 34.6 Å². The lowest BCUT2D eigenvalue weighted by Crippen LogP contribution is -2.35. The van der Waals surface area contributed by atoms with Crippen LogP contribution in [0.15, 0.2) is 54.7 Å². The highest BCUT2D eigenvalue weighted by Crippen LogP contribution is 2.35. The first kappa shape index (κ1) is 26.2. The van der Waals surface area contributed by atoms with Crippen LogP contribution in [-0.2, 0) is 11.3 Å². The predicted molar refractivity (Wildman–Crippen MR) is 146 cm³/mol. The van der Waals surface area contributed by atoms with Crippen LogP contribution in [0, 0.1) is 0 Å². The number of anilines is 1. The van der Waals surface area contributed by atoms with Gasteiger partial charge in [0.15, 0.2) is 5.13 Å². The number of carbonyl (C=O) groups excluding carboxylic acids is 1. The number of carbonyl (C=O) groups is 2. The van der Waals surface area contributed by atoms with Crippen LogP contribution in [0.3, 0.4) is 0 Å². The molecule has 1 aromatic heterocycles. The number of carboxylic acid groups (broad SMARTS) is 1. The molecule has 1 heterocycles. The Kier molecular flexibility index (Phi) is 9.36. The minimum Gasteiger partial charge on any atom is -0.481 e. The van der Waals surface area contributed by atoms with Gasteiger partial charge in [0.05, 0.1) is 11.3 Å². The number of benzene rings is 2. The molecular weight excluding hydrogens is 494 g/mol. The first-order valence-electron chi connectivity index (χ1n) is 12.6. The smallest absolute Gasteiger partial charge is 0.305 e. The molecule has 3 aromatic rings. The van der Waals surface area contributed by atoms with Crippen molar-refractivity contribution < 1.29 is 14.7 Å². The minimum absolute atomic E-state index is 0.0913. The number of amides is 1. The largest absolute Gasteiger partial charge is 0.481 e. The van der Waals surface area contributed by atoms with Gasteiger partial charge >= 0.3 is 5.97 Å². The number of halogens is 1. The van der Waals surface area contributed by atoms with Crippen molar-refractivity contribution >= 4 is 39.9 Å². The van der Waals surface area contributed by atoms with Crippen LogP contribution >= 0.6 is 22.9 Å². The summed E-state index contributed by atoms with van der Waals surface area (Å²) in [4.78, 5) is 31.4. The molecule has 0 saturated heterocycles. The first-order valence-corrected chi connectivity index (χ1v) is 13.8. The Labute approximate surface area is 221 Å². The lowest BCUT2D eigenvalue weighted by Gasteiger charge is -2.33. The summed E-state index contributed by atoms with van der Waals surface area (Å²) < 4.78 is 0. The molecule has 1 saturated carbocycles. The standard InChI is InChI=1S/C28H32ClN3O3S/c29-23-14-12-21(13-15-23)25-18-31-28(36-25)32(24-6-4-2-1-3-5-7-24)19-20-8-10-22(11-9-20)27(35)30-17-16-26(33)34/h8-15,18,24H,1-7,16-17,19H2,(H,30,35)(H,33,34). The number of thiazole rings is 1. The molecule has 0 bridgehead atoms. The van der Waals surface area contributed by atoms with E-state index in [0.717, 1.165) is 45.5 Å². The third-order valence-electron chi connectivity index (χ3n) is 6.58. The molecule has 1 aliphatic carbocycles. The Hall–Kier alpha value is -2.90. The molecule has 0 spiro atoms. The number of aromatic nitrogens is 1. The quantitative estimate of drug-likeness (QED) is 0.321. The van der Waals surface area contributed by atoms with E-state index in [1.165, 1.54) is 32.1 Å². The van der Waals surface area contributed by atoms with Crippen molar-refractivity contribution in [2.75, 3.05) is 11.4 Å². The lowest BCUT2D eigenvalue weighted by molar-refractivity contribution is -0.136. The zero-order valence-electron chi connectivity index (χ0n) is 20.3. The van der Waals surface area contributed by atoms with E-state index in [1.807, 2.05) is 54.7 Å². The van der Waals surface area contributed by atoms with Gasteiger partial charge < -0.3 is 15.3 Å². The molecule has 0 atom stereocenters. The van der Waals surface area contributed by atoms with Crippen molar-refractivity contribution in [3.63, 3.8) is 0 Å². The van der Waals surface area contributed by atoms with Gasteiger partial charge in [-0.05, 0) is 48.2 Å². The molecule has 2 aromatic carbocycles. The number of carboxylic acids is 1. The number of nitrogens with zero attached hydrogens (tertiary/aromatic N) is 2. The molecule has 0 unspecified atom stereocenters. The van der Waals surface area contributed by atoms with Gasteiger partial charge in [-0.25, -0.2) is 4.98 Å². The van der Waals surface area contributed by atoms with E-state index in [1.54, 1.807) is 11.3 Å². The van der Waals surface area contributed by atoms with Gasteiger partial charge in [-0.2, -0.15) is 0 Å². The molecule has 1 amide bonds. The van der Waals surface area contributed by atoms with Crippen LogP contribution in [0.1, 0.15) is 67.3 Å². The van der Waals surface area contributed by atoms with Crippen molar-refractivity contribution in [3.05, 3.63) is 70.9 Å². The van der Waals surface area contributed by atoms with Gasteiger partial charge in [-0.15, -0.1) is 0 Å². The van der Waals surface area contributed by atoms with Crippen molar-refractivity contribution in [1.82, 2.24) is 10.3 Å². The summed E-state index contributed by atoms with van der Waals surface area (Å²) in [6.45, 7) is 0.838. The summed E-state index contributed by atoms with van der Waals surface area (Å²) in [7, 11) is 0. The highest BCUT2D eigenvalue weighted by atomic mass is 35.5. The maximum Gasteiger partial charge on any atom is 0.305 e. The second-order valence-electron chi connectivity index (χ2n) is 9.24. The normalized spacial score (nSPS) is 14.6. The average Bonchev–Trinajstić information content (AvgIpc) is 3.33. The molecule has 0 aliphatic heterocycles. The van der Waals surface area contributed by atoms with Gasteiger partial charge in [-0.3, -0.25) is 9.59 Å². The summed E-state index contributed by atoms with van der Waals surface area (Å²) in [5, 5.41) is 13.2. The SMILES string of the molecule is O=C(O)CCNC(=O)c1ccc(CN(c2ncc(-c3ccc(Cl)cc3)s2)C2CCCCCCC2)cc1. The fourth-order valence-corrected chi connectivity index (χ4v) is 5.71. The number of aliphatic carboxylic acids is 1. The van der Waals surface area contributed by atoms with Gasteiger partial charge in [0.2, 0.25) is 0 Å². The average molecular weight is 526 g/mol. The fraction of sp³-hybridized carbons (Fsp3) is 0.393. The second-order valence-corrected chi connectivity index (χ2v) is 10.7. The van der Waals surface area contributed by atoms with E-state index in [4.69, 9.17) is 21.7 Å². The topological polar surface area (TPSA) is 82.5 Å². The van der Waals surface area contributed by atoms with E-state index >= 15 is 0 Å². The minimum atomic E-state index is -0.929. The summed E-state index contributed by atoms with van der Waals surface area (Å²) >= 11 is 7.78. The van der Waals surface area contributed by atoms with E-state index in [2.05, 4.69) is 10.2 Å². The predicted octanol–water partition coefficient (Wildman–Crippen LogP) is 6.79. The van der Waals surface area contributed by atoms with Gasteiger partial charge in [0, 0.05) is 35.9 Å². The summed E-state index contributed by atoms with van der Waals surface area (Å²) in [6.07, 6.45) is 10.5. The third kappa shape index (κ3) is 7.31. The summed E-state index contributed by atoms with van der Waals surface area (Å²) in [6, 6.07) is 15.9. The number of rotatable bonds is 9. The molecule has 6 nitrogen and oxygen atoms in total.